The zero-order valence-electron chi connectivity index (χ0n) is 25.5. The van der Waals surface area contributed by atoms with Crippen molar-refractivity contribution in [2.24, 2.45) is 0 Å². The topological polar surface area (TPSA) is 38.7 Å². The monoisotopic (exact) mass is 567 g/mol. The minimum Gasteiger partial charge on any atom is -0.255 e. The third-order valence-electron chi connectivity index (χ3n) is 11.4. The Morgan fingerprint density at radius 1 is 0.295 bits per heavy atom. The van der Waals surface area contributed by atoms with E-state index >= 15 is 0 Å². The van der Waals surface area contributed by atoms with E-state index < -0.39 is 21.7 Å². The number of hydrogen-bond donors (Lipinski definition) is 0. The molecule has 1 aliphatic carbocycles. The Balaban J connectivity index is 1.63. The summed E-state index contributed by atoms with van der Waals surface area (Å²) in [4.78, 5) is 16.7. The number of aromatic nitrogens is 3. The summed E-state index contributed by atoms with van der Waals surface area (Å²) < 4.78 is 0. The smallest absolute Gasteiger partial charge is 0.0939 e. The first-order valence-corrected chi connectivity index (χ1v) is 15.5. The Hall–Kier alpha value is -4.89. The van der Waals surface area contributed by atoms with Crippen LogP contribution in [0.25, 0.3) is 0 Å². The van der Waals surface area contributed by atoms with Gasteiger partial charge in [0.2, 0.25) is 0 Å². The molecule has 6 aromatic rings. The molecule has 6 heterocycles. The lowest BCUT2D eigenvalue weighted by Crippen LogP contribution is -2.38. The molecule has 0 amide bonds. The van der Waals surface area contributed by atoms with Crippen LogP contribution in [0.1, 0.15) is 95.2 Å². The Labute approximate surface area is 258 Å². The highest BCUT2D eigenvalue weighted by atomic mass is 14.9. The van der Waals surface area contributed by atoms with Crippen molar-refractivity contribution in [3.05, 3.63) is 195 Å². The van der Waals surface area contributed by atoms with Gasteiger partial charge in [-0.2, -0.15) is 0 Å². The molecule has 3 nitrogen and oxygen atoms in total. The van der Waals surface area contributed by atoms with Gasteiger partial charge in [0.15, 0.2) is 0 Å². The molecule has 3 aromatic carbocycles. The summed E-state index contributed by atoms with van der Waals surface area (Å²) >= 11 is 0. The van der Waals surface area contributed by atoms with Gasteiger partial charge in [-0.15, -0.1) is 0 Å². The minimum atomic E-state index is -0.697. The van der Waals surface area contributed by atoms with E-state index in [1.54, 1.807) is 0 Å². The fourth-order valence-electron chi connectivity index (χ4n) is 8.18. The van der Waals surface area contributed by atoms with Crippen LogP contribution in [0.4, 0.5) is 0 Å². The van der Waals surface area contributed by atoms with Crippen molar-refractivity contribution in [3.8, 4) is 0 Å². The zero-order valence-corrected chi connectivity index (χ0v) is 25.5. The summed E-state index contributed by atoms with van der Waals surface area (Å²) in [6.45, 7) is 9.30. The summed E-state index contributed by atoms with van der Waals surface area (Å²) in [7, 11) is 0. The van der Waals surface area contributed by atoms with E-state index in [0.717, 1.165) is 34.2 Å². The van der Waals surface area contributed by atoms with Gasteiger partial charge in [-0.1, -0.05) is 91.0 Å². The largest absolute Gasteiger partial charge is 0.255 e. The molecular formula is C41H33N3. The van der Waals surface area contributed by atoms with E-state index in [4.69, 9.17) is 15.0 Å². The quantitative estimate of drug-likeness (QED) is 0.186. The average Bonchev–Trinajstić information content (AvgIpc) is 3.09. The fraction of sp³-hybridized carbons (Fsp3) is 0.195. The fourth-order valence-corrected chi connectivity index (χ4v) is 8.18. The molecule has 0 N–H and O–H groups in total. The van der Waals surface area contributed by atoms with Gasteiger partial charge < -0.3 is 0 Å². The first-order valence-electron chi connectivity index (χ1n) is 15.5. The van der Waals surface area contributed by atoms with Crippen LogP contribution < -0.4 is 0 Å². The van der Waals surface area contributed by atoms with Gasteiger partial charge in [0.1, 0.15) is 0 Å². The number of rotatable bonds is 0. The molecule has 0 unspecified atom stereocenters. The predicted octanol–water partition coefficient (Wildman–Crippen LogP) is 8.23. The van der Waals surface area contributed by atoms with Crippen molar-refractivity contribution in [1.29, 1.82) is 0 Å². The lowest BCUT2D eigenvalue weighted by molar-refractivity contribution is 0.555. The lowest BCUT2D eigenvalue weighted by Gasteiger charge is -2.41. The van der Waals surface area contributed by atoms with Gasteiger partial charge >= 0.3 is 0 Å². The molecule has 0 atom stereocenters. The van der Waals surface area contributed by atoms with Crippen LogP contribution in [-0.4, -0.2) is 15.0 Å². The van der Waals surface area contributed by atoms with Crippen molar-refractivity contribution >= 4 is 0 Å². The maximum absolute atomic E-state index is 5.57. The van der Waals surface area contributed by atoms with Gasteiger partial charge in [0, 0.05) is 0 Å². The highest BCUT2D eigenvalue weighted by Crippen LogP contribution is 2.50. The van der Waals surface area contributed by atoms with Crippen molar-refractivity contribution in [3.63, 3.8) is 0 Å². The molecular weight excluding hydrogens is 534 g/mol. The summed E-state index contributed by atoms with van der Waals surface area (Å²) in [5.41, 5.74) is 10.9. The summed E-state index contributed by atoms with van der Waals surface area (Å²) in [6.07, 6.45) is 0. The van der Waals surface area contributed by atoms with Crippen molar-refractivity contribution in [2.45, 2.75) is 49.4 Å². The molecule has 4 aliphatic rings. The molecule has 10 rings (SSSR count). The average molecular weight is 568 g/mol. The maximum Gasteiger partial charge on any atom is 0.0939 e. The molecule has 0 radical (unpaired) electrons. The lowest BCUT2D eigenvalue weighted by atomic mass is 9.64. The number of benzene rings is 3. The van der Waals surface area contributed by atoms with Gasteiger partial charge in [-0.3, -0.25) is 15.0 Å². The highest BCUT2D eigenvalue weighted by molar-refractivity contribution is 5.60. The van der Waals surface area contributed by atoms with E-state index in [1.165, 1.54) is 33.4 Å². The van der Waals surface area contributed by atoms with Gasteiger partial charge in [-0.05, 0) is 97.5 Å². The summed E-state index contributed by atoms with van der Waals surface area (Å²) in [5.74, 6) is 0. The minimum absolute atomic E-state index is 0.516. The number of nitrogens with zero attached hydrogens (tertiary/aromatic N) is 3. The summed E-state index contributed by atoms with van der Waals surface area (Å²) in [5, 5.41) is 0. The van der Waals surface area contributed by atoms with Crippen molar-refractivity contribution < 1.29 is 0 Å². The molecule has 0 saturated carbocycles. The Bertz CT molecular complexity index is 1640. The first kappa shape index (κ1) is 25.6. The SMILES string of the molecule is CC12c3cccc(c3)C3(C)c4cccc(c4)C(C)(c4cccc1c4)c1cccc(n1)C(C)(c1cccc2n1)c1cccc3n1. The molecule has 0 fully saturated rings. The number of hydrogen-bond acceptors (Lipinski definition) is 3. The van der Waals surface area contributed by atoms with Crippen LogP contribution in [0.3, 0.4) is 0 Å². The molecule has 44 heavy (non-hydrogen) atoms. The normalized spacial score (nSPS) is 27.0. The van der Waals surface area contributed by atoms with Gasteiger partial charge in [0.05, 0.1) is 55.8 Å². The molecule has 16 bridgehead atoms. The number of pyridine rings is 3. The van der Waals surface area contributed by atoms with E-state index in [1.807, 2.05) is 0 Å². The zero-order chi connectivity index (χ0) is 29.9. The van der Waals surface area contributed by atoms with Crippen LogP contribution in [0.2, 0.25) is 0 Å². The van der Waals surface area contributed by atoms with Crippen molar-refractivity contribution in [2.75, 3.05) is 0 Å². The van der Waals surface area contributed by atoms with E-state index in [2.05, 4.69) is 155 Å². The van der Waals surface area contributed by atoms with Crippen LogP contribution >= 0.6 is 0 Å². The standard InChI is InChI=1S/C41H33N3/c1-38-26-11-5-13-28(23-26)39(2)30-15-7-16-31(25-30)40(3,29-14-6-12-27(38)24-29)34-19-10-22-37(44-34)41(4,35-20-8-17-32(38)42-35)36-21-9-18-33(39)43-36/h5-25H,1-4H3. The van der Waals surface area contributed by atoms with E-state index in [-0.39, 0.29) is 0 Å². The maximum atomic E-state index is 5.57. The van der Waals surface area contributed by atoms with Crippen LogP contribution in [0.15, 0.2) is 127 Å². The third kappa shape index (κ3) is 2.99. The highest BCUT2D eigenvalue weighted by Gasteiger charge is 2.45. The second-order valence-corrected chi connectivity index (χ2v) is 13.5. The van der Waals surface area contributed by atoms with Gasteiger partial charge in [0.25, 0.3) is 0 Å². The summed E-state index contributed by atoms with van der Waals surface area (Å²) in [6, 6.07) is 47.0. The molecule has 0 spiro atoms. The van der Waals surface area contributed by atoms with Crippen LogP contribution in [0.5, 0.6) is 0 Å². The van der Waals surface area contributed by atoms with Crippen LogP contribution in [0, 0.1) is 0 Å². The second-order valence-electron chi connectivity index (χ2n) is 13.5. The molecule has 3 heteroatoms. The molecule has 212 valence electrons. The second kappa shape index (κ2) is 8.39. The van der Waals surface area contributed by atoms with Gasteiger partial charge in [-0.25, -0.2) is 0 Å². The van der Waals surface area contributed by atoms with Crippen molar-refractivity contribution in [1.82, 2.24) is 15.0 Å². The third-order valence-corrected chi connectivity index (χ3v) is 11.4. The predicted molar refractivity (Wildman–Crippen MR) is 174 cm³/mol. The van der Waals surface area contributed by atoms with E-state index in [0.29, 0.717) is 0 Å². The molecule has 0 saturated heterocycles. The molecule has 3 aromatic heterocycles. The van der Waals surface area contributed by atoms with Crippen LogP contribution in [-0.2, 0) is 21.7 Å². The Kier molecular flexibility index (Phi) is 4.88. The molecule has 3 aliphatic heterocycles. The first-order chi connectivity index (χ1) is 21.3. The Morgan fingerprint density at radius 3 is 0.750 bits per heavy atom. The van der Waals surface area contributed by atoms with E-state index in [9.17, 15) is 0 Å². The Morgan fingerprint density at radius 2 is 0.500 bits per heavy atom.